The van der Waals surface area contributed by atoms with Crippen LogP contribution in [-0.4, -0.2) is 59.6 Å². The standard InChI is InChI=1S/C18H36O5/c1-2-3-4-5-6-7-8-9-10-11-12-22-16-14-23-18(17(16)21)15(20)13-19/h15-21H,2-14H2,1H3/t15-,16+,17-,18-/m0/s1. The van der Waals surface area contributed by atoms with Gasteiger partial charge in [-0.05, 0) is 6.42 Å². The van der Waals surface area contributed by atoms with Gasteiger partial charge in [0.1, 0.15) is 24.4 Å². The molecule has 0 aromatic rings. The molecule has 4 atom stereocenters. The van der Waals surface area contributed by atoms with Gasteiger partial charge in [0.05, 0.1) is 13.2 Å². The first kappa shape index (κ1) is 20.8. The second-order valence-corrected chi connectivity index (χ2v) is 6.63. The van der Waals surface area contributed by atoms with Crippen molar-refractivity contribution >= 4 is 0 Å². The third-order valence-corrected chi connectivity index (χ3v) is 4.57. The third kappa shape index (κ3) is 8.45. The Kier molecular flexibility index (Phi) is 11.9. The van der Waals surface area contributed by atoms with Gasteiger partial charge in [-0.2, -0.15) is 0 Å². The molecular formula is C18H36O5. The molecule has 5 heteroatoms. The van der Waals surface area contributed by atoms with Gasteiger partial charge in [-0.25, -0.2) is 0 Å². The summed E-state index contributed by atoms with van der Waals surface area (Å²) in [5, 5.41) is 28.4. The van der Waals surface area contributed by atoms with E-state index in [9.17, 15) is 10.2 Å². The van der Waals surface area contributed by atoms with E-state index in [4.69, 9.17) is 14.6 Å². The van der Waals surface area contributed by atoms with Gasteiger partial charge in [-0.1, -0.05) is 64.7 Å². The van der Waals surface area contributed by atoms with Crippen molar-refractivity contribution in [2.45, 2.75) is 95.5 Å². The fourth-order valence-electron chi connectivity index (χ4n) is 3.03. The van der Waals surface area contributed by atoms with Crippen LogP contribution >= 0.6 is 0 Å². The van der Waals surface area contributed by atoms with Gasteiger partial charge in [-0.15, -0.1) is 0 Å². The van der Waals surface area contributed by atoms with E-state index in [0.29, 0.717) is 6.61 Å². The average Bonchev–Trinajstić information content (AvgIpc) is 2.93. The van der Waals surface area contributed by atoms with Gasteiger partial charge in [0, 0.05) is 6.61 Å². The van der Waals surface area contributed by atoms with Crippen LogP contribution < -0.4 is 0 Å². The van der Waals surface area contributed by atoms with E-state index in [2.05, 4.69) is 6.92 Å². The molecule has 1 aliphatic rings. The first-order chi connectivity index (χ1) is 11.2. The zero-order chi connectivity index (χ0) is 16.9. The number of hydrogen-bond donors (Lipinski definition) is 3. The van der Waals surface area contributed by atoms with Crippen molar-refractivity contribution in [3.05, 3.63) is 0 Å². The van der Waals surface area contributed by atoms with Crippen molar-refractivity contribution < 1.29 is 24.8 Å². The van der Waals surface area contributed by atoms with Crippen LogP contribution in [0.25, 0.3) is 0 Å². The maximum atomic E-state index is 9.99. The van der Waals surface area contributed by atoms with E-state index in [1.54, 1.807) is 0 Å². The van der Waals surface area contributed by atoms with Gasteiger partial charge in [0.2, 0.25) is 0 Å². The summed E-state index contributed by atoms with van der Waals surface area (Å²) < 4.78 is 10.9. The van der Waals surface area contributed by atoms with Crippen molar-refractivity contribution in [1.82, 2.24) is 0 Å². The van der Waals surface area contributed by atoms with Crippen molar-refractivity contribution in [2.24, 2.45) is 0 Å². The number of aliphatic hydroxyl groups excluding tert-OH is 3. The monoisotopic (exact) mass is 332 g/mol. The van der Waals surface area contributed by atoms with Crippen LogP contribution in [0.3, 0.4) is 0 Å². The highest BCUT2D eigenvalue weighted by Crippen LogP contribution is 2.20. The number of unbranched alkanes of at least 4 members (excludes halogenated alkanes) is 9. The van der Waals surface area contributed by atoms with E-state index in [1.807, 2.05) is 0 Å². The molecule has 1 fully saturated rings. The SMILES string of the molecule is CCCCCCCCCCCCO[C@@H]1CO[C@@H]([C@@H](O)CO)[C@H]1O. The minimum absolute atomic E-state index is 0.278. The smallest absolute Gasteiger partial charge is 0.114 e. The summed E-state index contributed by atoms with van der Waals surface area (Å²) >= 11 is 0. The first-order valence-electron chi connectivity index (χ1n) is 9.40. The van der Waals surface area contributed by atoms with Gasteiger partial charge in [0.15, 0.2) is 0 Å². The summed E-state index contributed by atoms with van der Waals surface area (Å²) in [7, 11) is 0. The molecule has 138 valence electrons. The Morgan fingerprint density at radius 2 is 1.57 bits per heavy atom. The zero-order valence-electron chi connectivity index (χ0n) is 14.7. The predicted octanol–water partition coefficient (Wildman–Crippen LogP) is 2.41. The highest BCUT2D eigenvalue weighted by atomic mass is 16.6. The van der Waals surface area contributed by atoms with Crippen LogP contribution in [0, 0.1) is 0 Å². The molecule has 5 nitrogen and oxygen atoms in total. The number of aliphatic hydroxyl groups is 3. The number of rotatable bonds is 14. The van der Waals surface area contributed by atoms with Crippen molar-refractivity contribution in [3.8, 4) is 0 Å². The maximum absolute atomic E-state index is 9.99. The molecule has 1 rings (SSSR count). The molecule has 0 saturated carbocycles. The minimum atomic E-state index is -1.05. The fraction of sp³-hybridized carbons (Fsp3) is 1.00. The Balaban J connectivity index is 1.92. The molecule has 0 bridgehead atoms. The highest BCUT2D eigenvalue weighted by Gasteiger charge is 2.40. The highest BCUT2D eigenvalue weighted by molar-refractivity contribution is 4.88. The van der Waals surface area contributed by atoms with Crippen LogP contribution in [0.4, 0.5) is 0 Å². The molecule has 0 radical (unpaired) electrons. The lowest BCUT2D eigenvalue weighted by Crippen LogP contribution is -2.41. The topological polar surface area (TPSA) is 79.2 Å². The average molecular weight is 332 g/mol. The van der Waals surface area contributed by atoms with Crippen LogP contribution in [0.15, 0.2) is 0 Å². The van der Waals surface area contributed by atoms with E-state index >= 15 is 0 Å². The van der Waals surface area contributed by atoms with Gasteiger partial charge >= 0.3 is 0 Å². The molecule has 1 saturated heterocycles. The molecule has 0 amide bonds. The summed E-state index contributed by atoms with van der Waals surface area (Å²) in [4.78, 5) is 0. The molecule has 0 unspecified atom stereocenters. The van der Waals surface area contributed by atoms with E-state index in [0.717, 1.165) is 12.8 Å². The molecule has 3 N–H and O–H groups in total. The molecule has 23 heavy (non-hydrogen) atoms. The van der Waals surface area contributed by atoms with E-state index in [-0.39, 0.29) is 12.7 Å². The van der Waals surface area contributed by atoms with Crippen LogP contribution in [0.2, 0.25) is 0 Å². The number of hydrogen-bond acceptors (Lipinski definition) is 5. The van der Waals surface area contributed by atoms with E-state index < -0.39 is 24.9 Å². The molecule has 1 heterocycles. The van der Waals surface area contributed by atoms with Crippen LogP contribution in [-0.2, 0) is 9.47 Å². The summed E-state index contributed by atoms with van der Waals surface area (Å²) in [6.45, 7) is 2.73. The second-order valence-electron chi connectivity index (χ2n) is 6.63. The third-order valence-electron chi connectivity index (χ3n) is 4.57. The van der Waals surface area contributed by atoms with Crippen LogP contribution in [0.5, 0.6) is 0 Å². The Hall–Kier alpha value is -0.200. The quantitative estimate of drug-likeness (QED) is 0.426. The lowest BCUT2D eigenvalue weighted by atomic mass is 10.1. The molecular weight excluding hydrogens is 296 g/mol. The normalized spacial score (nSPS) is 25.8. The lowest BCUT2D eigenvalue weighted by molar-refractivity contribution is -0.0730. The van der Waals surface area contributed by atoms with E-state index in [1.165, 1.54) is 51.4 Å². The Morgan fingerprint density at radius 1 is 1.00 bits per heavy atom. The fourth-order valence-corrected chi connectivity index (χ4v) is 3.03. The predicted molar refractivity (Wildman–Crippen MR) is 90.4 cm³/mol. The Bertz CT molecular complexity index is 274. The van der Waals surface area contributed by atoms with Gasteiger partial charge in [-0.3, -0.25) is 0 Å². The van der Waals surface area contributed by atoms with Gasteiger partial charge in [0.25, 0.3) is 0 Å². The van der Waals surface area contributed by atoms with Crippen molar-refractivity contribution in [2.75, 3.05) is 19.8 Å². The molecule has 0 aliphatic carbocycles. The summed E-state index contributed by atoms with van der Waals surface area (Å²) in [5.74, 6) is 0. The second kappa shape index (κ2) is 13.1. The lowest BCUT2D eigenvalue weighted by Gasteiger charge is -2.20. The summed E-state index contributed by atoms with van der Waals surface area (Å²) in [6.07, 6.45) is 9.77. The van der Waals surface area contributed by atoms with Crippen LogP contribution in [0.1, 0.15) is 71.1 Å². The molecule has 0 spiro atoms. The Morgan fingerprint density at radius 3 is 2.13 bits per heavy atom. The summed E-state index contributed by atoms with van der Waals surface area (Å²) in [6, 6.07) is 0. The summed E-state index contributed by atoms with van der Waals surface area (Å²) in [5.41, 5.74) is 0. The Labute approximate surface area is 141 Å². The molecule has 0 aromatic carbocycles. The van der Waals surface area contributed by atoms with Crippen molar-refractivity contribution in [3.63, 3.8) is 0 Å². The first-order valence-corrected chi connectivity index (χ1v) is 9.40. The molecule has 0 aromatic heterocycles. The minimum Gasteiger partial charge on any atom is -0.394 e. The maximum Gasteiger partial charge on any atom is 0.114 e. The van der Waals surface area contributed by atoms with Crippen molar-refractivity contribution in [1.29, 1.82) is 0 Å². The largest absolute Gasteiger partial charge is 0.394 e. The van der Waals surface area contributed by atoms with Gasteiger partial charge < -0.3 is 24.8 Å². The number of ether oxygens (including phenoxy) is 2. The zero-order valence-corrected chi connectivity index (χ0v) is 14.7. The molecule has 1 aliphatic heterocycles.